The van der Waals surface area contributed by atoms with Crippen LogP contribution in [0.5, 0.6) is 11.5 Å². The second-order valence-corrected chi connectivity index (χ2v) is 3.21. The van der Waals surface area contributed by atoms with Gasteiger partial charge in [0.2, 0.25) is 0 Å². The average Bonchev–Trinajstić information content (AvgIpc) is 2.38. The highest BCUT2D eigenvalue weighted by atomic mass is 16.5. The highest BCUT2D eigenvalue weighted by Crippen LogP contribution is 2.27. The van der Waals surface area contributed by atoms with Crippen molar-refractivity contribution < 1.29 is 24.1 Å². The summed E-state index contributed by atoms with van der Waals surface area (Å²) in [6, 6.07) is 4.94. The van der Waals surface area contributed by atoms with E-state index in [-0.39, 0.29) is 6.61 Å². The Hall–Kier alpha value is -1.59. The molecule has 0 bridgehead atoms. The maximum atomic E-state index is 10.6. The van der Waals surface area contributed by atoms with Gasteiger partial charge < -0.3 is 19.3 Å². The Morgan fingerprint density at radius 3 is 2.71 bits per heavy atom. The second-order valence-electron chi connectivity index (χ2n) is 3.21. The van der Waals surface area contributed by atoms with E-state index in [9.17, 15) is 4.79 Å². The highest BCUT2D eigenvalue weighted by Gasteiger charge is 2.05. The smallest absolute Gasteiger partial charge is 0.161 e. The van der Waals surface area contributed by atoms with E-state index in [4.69, 9.17) is 19.3 Å². The molecular formula is C12H16O5. The third-order valence-corrected chi connectivity index (χ3v) is 2.04. The third kappa shape index (κ3) is 4.42. The number of aliphatic hydroxyl groups excluding tert-OH is 1. The number of rotatable bonds is 8. The molecule has 0 atom stereocenters. The molecule has 0 aliphatic rings. The van der Waals surface area contributed by atoms with E-state index in [1.54, 1.807) is 18.2 Å². The van der Waals surface area contributed by atoms with Crippen LogP contribution in [0.2, 0.25) is 0 Å². The molecule has 0 fully saturated rings. The minimum absolute atomic E-state index is 0.00263. The van der Waals surface area contributed by atoms with E-state index >= 15 is 0 Å². The molecular weight excluding hydrogens is 224 g/mol. The molecule has 5 nitrogen and oxygen atoms in total. The van der Waals surface area contributed by atoms with Gasteiger partial charge in [-0.25, -0.2) is 0 Å². The van der Waals surface area contributed by atoms with E-state index in [1.165, 1.54) is 7.11 Å². The number of carbonyl (C=O) groups excluding carboxylic acids is 1. The topological polar surface area (TPSA) is 65.0 Å². The van der Waals surface area contributed by atoms with E-state index in [0.717, 1.165) is 6.29 Å². The standard InChI is InChI=1S/C12H16O5/c1-15-12-8-10(9-14)2-3-11(12)17-7-6-16-5-4-13/h2-3,8-9,13H,4-7H2,1H3. The Kier molecular flexibility index (Phi) is 6.06. The van der Waals surface area contributed by atoms with Crippen molar-refractivity contribution >= 4 is 6.29 Å². The molecule has 1 aromatic carbocycles. The number of hydrogen-bond acceptors (Lipinski definition) is 5. The van der Waals surface area contributed by atoms with Crippen LogP contribution in [0, 0.1) is 0 Å². The maximum Gasteiger partial charge on any atom is 0.161 e. The highest BCUT2D eigenvalue weighted by molar-refractivity contribution is 5.76. The van der Waals surface area contributed by atoms with E-state index in [1.807, 2.05) is 0 Å². The predicted molar refractivity (Wildman–Crippen MR) is 61.8 cm³/mol. The van der Waals surface area contributed by atoms with Gasteiger partial charge in [-0.15, -0.1) is 0 Å². The SMILES string of the molecule is COc1cc(C=O)ccc1OCCOCCO. The molecule has 0 aliphatic carbocycles. The predicted octanol–water partition coefficient (Wildman–Crippen LogP) is 0.895. The largest absolute Gasteiger partial charge is 0.493 e. The molecule has 1 aromatic rings. The van der Waals surface area contributed by atoms with Gasteiger partial charge in [0, 0.05) is 5.56 Å². The van der Waals surface area contributed by atoms with Crippen LogP contribution in [-0.4, -0.2) is 44.9 Å². The second kappa shape index (κ2) is 7.65. The van der Waals surface area contributed by atoms with Crippen molar-refractivity contribution in [3.63, 3.8) is 0 Å². The van der Waals surface area contributed by atoms with Crippen LogP contribution < -0.4 is 9.47 Å². The van der Waals surface area contributed by atoms with Gasteiger partial charge in [-0.1, -0.05) is 0 Å². The summed E-state index contributed by atoms with van der Waals surface area (Å²) in [4.78, 5) is 10.6. The zero-order valence-electron chi connectivity index (χ0n) is 9.72. The van der Waals surface area contributed by atoms with Crippen LogP contribution in [-0.2, 0) is 4.74 Å². The number of benzene rings is 1. The van der Waals surface area contributed by atoms with E-state index in [0.29, 0.717) is 36.9 Å². The maximum absolute atomic E-state index is 10.6. The van der Waals surface area contributed by atoms with Crippen molar-refractivity contribution in [3.8, 4) is 11.5 Å². The number of aliphatic hydroxyl groups is 1. The number of aldehydes is 1. The van der Waals surface area contributed by atoms with Crippen LogP contribution in [0.25, 0.3) is 0 Å². The minimum Gasteiger partial charge on any atom is -0.493 e. The first-order valence-corrected chi connectivity index (χ1v) is 5.26. The Balaban J connectivity index is 2.49. The van der Waals surface area contributed by atoms with E-state index < -0.39 is 0 Å². The van der Waals surface area contributed by atoms with Crippen LogP contribution in [0.3, 0.4) is 0 Å². The lowest BCUT2D eigenvalue weighted by atomic mass is 10.2. The first-order chi connectivity index (χ1) is 8.31. The van der Waals surface area contributed by atoms with Gasteiger partial charge in [0.1, 0.15) is 12.9 Å². The number of methoxy groups -OCH3 is 1. The first kappa shape index (κ1) is 13.5. The summed E-state index contributed by atoms with van der Waals surface area (Å²) in [5, 5.41) is 8.50. The molecule has 1 rings (SSSR count). The third-order valence-electron chi connectivity index (χ3n) is 2.04. The molecule has 94 valence electrons. The fourth-order valence-corrected chi connectivity index (χ4v) is 1.25. The summed E-state index contributed by atoms with van der Waals surface area (Å²) in [5.74, 6) is 1.07. The van der Waals surface area contributed by atoms with Gasteiger partial charge in [-0.05, 0) is 18.2 Å². The molecule has 0 aliphatic heterocycles. The molecule has 5 heteroatoms. The van der Waals surface area contributed by atoms with Crippen molar-refractivity contribution in [2.75, 3.05) is 33.5 Å². The fourth-order valence-electron chi connectivity index (χ4n) is 1.25. The van der Waals surface area contributed by atoms with Crippen molar-refractivity contribution in [3.05, 3.63) is 23.8 Å². The Labute approximate surface area is 99.9 Å². The summed E-state index contributed by atoms with van der Waals surface area (Å²) in [5.41, 5.74) is 0.533. The normalized spacial score (nSPS) is 10.0. The van der Waals surface area contributed by atoms with Gasteiger partial charge in [0.05, 0.1) is 26.9 Å². The van der Waals surface area contributed by atoms with Crippen molar-refractivity contribution in [1.29, 1.82) is 0 Å². The van der Waals surface area contributed by atoms with Crippen LogP contribution >= 0.6 is 0 Å². The Bertz CT molecular complexity index is 351. The monoisotopic (exact) mass is 240 g/mol. The van der Waals surface area contributed by atoms with Crippen LogP contribution in [0.1, 0.15) is 10.4 Å². The summed E-state index contributed by atoms with van der Waals surface area (Å²) < 4.78 is 15.6. The van der Waals surface area contributed by atoms with Gasteiger partial charge >= 0.3 is 0 Å². The van der Waals surface area contributed by atoms with E-state index in [2.05, 4.69) is 0 Å². The number of hydrogen-bond donors (Lipinski definition) is 1. The molecule has 0 saturated heterocycles. The zero-order chi connectivity index (χ0) is 12.5. The van der Waals surface area contributed by atoms with Crippen LogP contribution in [0.4, 0.5) is 0 Å². The number of carbonyl (C=O) groups is 1. The van der Waals surface area contributed by atoms with Crippen molar-refractivity contribution in [2.45, 2.75) is 0 Å². The van der Waals surface area contributed by atoms with Crippen molar-refractivity contribution in [2.24, 2.45) is 0 Å². The lowest BCUT2D eigenvalue weighted by molar-refractivity contribution is 0.0699. The Morgan fingerprint density at radius 1 is 1.24 bits per heavy atom. The molecule has 17 heavy (non-hydrogen) atoms. The molecule has 0 amide bonds. The average molecular weight is 240 g/mol. The van der Waals surface area contributed by atoms with Gasteiger partial charge in [-0.2, -0.15) is 0 Å². The molecule has 0 heterocycles. The zero-order valence-corrected chi connectivity index (χ0v) is 9.72. The van der Waals surface area contributed by atoms with Gasteiger partial charge in [0.25, 0.3) is 0 Å². The van der Waals surface area contributed by atoms with Crippen molar-refractivity contribution in [1.82, 2.24) is 0 Å². The quantitative estimate of drug-likeness (QED) is 0.540. The first-order valence-electron chi connectivity index (χ1n) is 5.26. The summed E-state index contributed by atoms with van der Waals surface area (Å²) in [7, 11) is 1.51. The molecule has 0 spiro atoms. The molecule has 1 N–H and O–H groups in total. The minimum atomic E-state index is -0.00263. The lowest BCUT2D eigenvalue weighted by Gasteiger charge is -2.10. The van der Waals surface area contributed by atoms with Gasteiger partial charge in [0.15, 0.2) is 11.5 Å². The molecule has 0 unspecified atom stereocenters. The molecule has 0 radical (unpaired) electrons. The molecule has 0 saturated carbocycles. The lowest BCUT2D eigenvalue weighted by Crippen LogP contribution is -2.09. The summed E-state index contributed by atoms with van der Waals surface area (Å²) in [6.45, 7) is 1.04. The number of ether oxygens (including phenoxy) is 3. The van der Waals surface area contributed by atoms with Gasteiger partial charge in [-0.3, -0.25) is 4.79 Å². The molecule has 0 aromatic heterocycles. The van der Waals surface area contributed by atoms with Crippen LogP contribution in [0.15, 0.2) is 18.2 Å². The Morgan fingerprint density at radius 2 is 2.06 bits per heavy atom. The summed E-state index contributed by atoms with van der Waals surface area (Å²) >= 11 is 0. The fraction of sp³-hybridized carbons (Fsp3) is 0.417. The summed E-state index contributed by atoms with van der Waals surface area (Å²) in [6.07, 6.45) is 0.747.